The molecule has 1 amide bonds. The van der Waals surface area contributed by atoms with E-state index in [-0.39, 0.29) is 5.91 Å². The smallest absolute Gasteiger partial charge is 0.265 e. The van der Waals surface area contributed by atoms with Gasteiger partial charge >= 0.3 is 0 Å². The van der Waals surface area contributed by atoms with Crippen molar-refractivity contribution in [2.24, 2.45) is 0 Å². The fraction of sp³-hybridized carbons (Fsp3) is 0.600. The zero-order valence-corrected chi connectivity index (χ0v) is 10.8. The molecule has 3 nitrogen and oxygen atoms in total. The minimum absolute atomic E-state index is 0.140. The van der Waals surface area contributed by atoms with Crippen LogP contribution in [0.25, 0.3) is 0 Å². The fourth-order valence-corrected chi connectivity index (χ4v) is 2.66. The third-order valence-electron chi connectivity index (χ3n) is 2.74. The number of halogens is 1. The molecule has 0 atom stereocenters. The summed E-state index contributed by atoms with van der Waals surface area (Å²) in [4.78, 5) is 18.8. The lowest BCUT2D eigenvalue weighted by Crippen LogP contribution is -2.44. The second kappa shape index (κ2) is 5.07. The van der Waals surface area contributed by atoms with Crippen molar-refractivity contribution < 1.29 is 4.79 Å². The molecule has 2 rings (SSSR count). The van der Waals surface area contributed by atoms with Gasteiger partial charge in [-0.25, -0.2) is 0 Å². The maximum atomic E-state index is 12.1. The highest BCUT2D eigenvalue weighted by Crippen LogP contribution is 2.26. The number of alkyl halides is 1. The standard InChI is InChI=1S/C10H13BrN2OS/c11-4-5-13(8-2-1-3-8)10(14)9-6-12-7-15-9/h6-8H,1-5H2. The predicted molar refractivity (Wildman–Crippen MR) is 64.6 cm³/mol. The number of carbonyl (C=O) groups excluding carboxylic acids is 1. The summed E-state index contributed by atoms with van der Waals surface area (Å²) in [6.45, 7) is 0.793. The van der Waals surface area contributed by atoms with E-state index in [4.69, 9.17) is 0 Å². The zero-order valence-electron chi connectivity index (χ0n) is 8.36. The Morgan fingerprint density at radius 3 is 2.93 bits per heavy atom. The van der Waals surface area contributed by atoms with E-state index in [1.54, 1.807) is 11.7 Å². The summed E-state index contributed by atoms with van der Waals surface area (Å²) in [5, 5.41) is 0.841. The van der Waals surface area contributed by atoms with E-state index in [0.717, 1.165) is 29.6 Å². The Hall–Kier alpha value is -0.420. The first kappa shape index (κ1) is 11.1. The van der Waals surface area contributed by atoms with Crippen LogP contribution in [-0.2, 0) is 0 Å². The molecule has 1 aliphatic rings. The van der Waals surface area contributed by atoms with Gasteiger partial charge in [0.2, 0.25) is 0 Å². The molecular formula is C10H13BrN2OS. The van der Waals surface area contributed by atoms with Crippen LogP contribution in [0.5, 0.6) is 0 Å². The Bertz CT molecular complexity index is 324. The highest BCUT2D eigenvalue weighted by Gasteiger charge is 2.29. The minimum atomic E-state index is 0.140. The molecule has 15 heavy (non-hydrogen) atoms. The lowest BCUT2D eigenvalue weighted by Gasteiger charge is -2.37. The Balaban J connectivity index is 2.06. The van der Waals surface area contributed by atoms with Gasteiger partial charge in [0.15, 0.2) is 0 Å². The van der Waals surface area contributed by atoms with Gasteiger partial charge < -0.3 is 4.90 Å². The third-order valence-corrected chi connectivity index (χ3v) is 3.86. The Labute approximate surface area is 102 Å². The molecule has 0 unspecified atom stereocenters. The summed E-state index contributed by atoms with van der Waals surface area (Å²) in [5.41, 5.74) is 1.71. The number of thiazole rings is 1. The van der Waals surface area contributed by atoms with Crippen LogP contribution in [0.3, 0.4) is 0 Å². The van der Waals surface area contributed by atoms with Crippen LogP contribution in [0, 0.1) is 0 Å². The number of amides is 1. The van der Waals surface area contributed by atoms with E-state index >= 15 is 0 Å². The average Bonchev–Trinajstić information content (AvgIpc) is 2.66. The SMILES string of the molecule is O=C(c1cncs1)N(CCBr)C1CCC1. The van der Waals surface area contributed by atoms with Crippen LogP contribution >= 0.6 is 27.3 Å². The predicted octanol–water partition coefficient (Wildman–Crippen LogP) is 2.53. The molecule has 0 N–H and O–H groups in total. The van der Waals surface area contributed by atoms with E-state index in [9.17, 15) is 4.79 Å². The minimum Gasteiger partial charge on any atom is -0.334 e. The van der Waals surface area contributed by atoms with Crippen molar-refractivity contribution in [1.82, 2.24) is 9.88 Å². The number of hydrogen-bond acceptors (Lipinski definition) is 3. The molecule has 1 aromatic rings. The monoisotopic (exact) mass is 288 g/mol. The molecule has 1 aliphatic carbocycles. The van der Waals surface area contributed by atoms with Crippen molar-refractivity contribution in [1.29, 1.82) is 0 Å². The van der Waals surface area contributed by atoms with Crippen molar-refractivity contribution in [3.05, 3.63) is 16.6 Å². The van der Waals surface area contributed by atoms with Gasteiger partial charge in [-0.15, -0.1) is 11.3 Å². The van der Waals surface area contributed by atoms with Crippen molar-refractivity contribution in [3.8, 4) is 0 Å². The van der Waals surface area contributed by atoms with Gasteiger partial charge in [0.05, 0.1) is 11.7 Å². The molecule has 1 heterocycles. The normalized spacial score (nSPS) is 16.1. The summed E-state index contributed by atoms with van der Waals surface area (Å²) >= 11 is 4.82. The zero-order chi connectivity index (χ0) is 10.7. The van der Waals surface area contributed by atoms with Gasteiger partial charge in [-0.3, -0.25) is 9.78 Å². The Morgan fingerprint density at radius 1 is 1.67 bits per heavy atom. The van der Waals surface area contributed by atoms with Gasteiger partial charge in [-0.05, 0) is 19.3 Å². The molecule has 0 radical (unpaired) electrons. The van der Waals surface area contributed by atoms with E-state index in [0.29, 0.717) is 6.04 Å². The molecule has 0 aliphatic heterocycles. The molecule has 0 saturated heterocycles. The summed E-state index contributed by atoms with van der Waals surface area (Å²) in [6, 6.07) is 0.456. The summed E-state index contributed by atoms with van der Waals surface area (Å²) in [6.07, 6.45) is 5.21. The molecular weight excluding hydrogens is 276 g/mol. The van der Waals surface area contributed by atoms with Crippen LogP contribution in [0.15, 0.2) is 11.7 Å². The van der Waals surface area contributed by atoms with Crippen LogP contribution in [-0.4, -0.2) is 33.7 Å². The Morgan fingerprint density at radius 2 is 2.47 bits per heavy atom. The quantitative estimate of drug-likeness (QED) is 0.798. The third kappa shape index (κ3) is 2.39. The van der Waals surface area contributed by atoms with Crippen LogP contribution in [0.2, 0.25) is 0 Å². The molecule has 0 aromatic carbocycles. The van der Waals surface area contributed by atoms with E-state index in [1.165, 1.54) is 17.8 Å². The second-order valence-corrected chi connectivity index (χ2v) is 5.32. The molecule has 82 valence electrons. The largest absolute Gasteiger partial charge is 0.334 e. The summed E-state index contributed by atoms with van der Waals surface area (Å²) in [7, 11) is 0. The number of nitrogens with zero attached hydrogens (tertiary/aromatic N) is 2. The topological polar surface area (TPSA) is 33.2 Å². The first-order valence-corrected chi connectivity index (χ1v) is 7.08. The number of hydrogen-bond donors (Lipinski definition) is 0. The van der Waals surface area contributed by atoms with E-state index in [1.807, 2.05) is 4.90 Å². The molecule has 1 saturated carbocycles. The van der Waals surface area contributed by atoms with Crippen LogP contribution in [0.4, 0.5) is 0 Å². The van der Waals surface area contributed by atoms with Gasteiger partial charge in [0.1, 0.15) is 4.88 Å². The van der Waals surface area contributed by atoms with Crippen molar-refractivity contribution in [3.63, 3.8) is 0 Å². The number of aromatic nitrogens is 1. The maximum absolute atomic E-state index is 12.1. The molecule has 5 heteroatoms. The lowest BCUT2D eigenvalue weighted by molar-refractivity contribution is 0.0604. The lowest BCUT2D eigenvalue weighted by atomic mass is 9.91. The van der Waals surface area contributed by atoms with Gasteiger partial charge in [-0.1, -0.05) is 15.9 Å². The van der Waals surface area contributed by atoms with E-state index in [2.05, 4.69) is 20.9 Å². The first-order chi connectivity index (χ1) is 7.33. The second-order valence-electron chi connectivity index (χ2n) is 3.64. The van der Waals surface area contributed by atoms with Gasteiger partial charge in [0.25, 0.3) is 5.91 Å². The van der Waals surface area contributed by atoms with Crippen molar-refractivity contribution >= 4 is 33.2 Å². The van der Waals surface area contributed by atoms with Gasteiger partial charge in [-0.2, -0.15) is 0 Å². The Kier molecular flexibility index (Phi) is 3.75. The van der Waals surface area contributed by atoms with Crippen LogP contribution in [0.1, 0.15) is 28.9 Å². The maximum Gasteiger partial charge on any atom is 0.265 e. The summed E-state index contributed by atoms with van der Waals surface area (Å²) < 4.78 is 0. The van der Waals surface area contributed by atoms with Gasteiger partial charge in [0, 0.05) is 17.9 Å². The first-order valence-electron chi connectivity index (χ1n) is 5.08. The van der Waals surface area contributed by atoms with Crippen molar-refractivity contribution in [2.45, 2.75) is 25.3 Å². The molecule has 0 bridgehead atoms. The van der Waals surface area contributed by atoms with Crippen molar-refractivity contribution in [2.75, 3.05) is 11.9 Å². The number of rotatable bonds is 4. The highest BCUT2D eigenvalue weighted by molar-refractivity contribution is 9.09. The van der Waals surface area contributed by atoms with Crippen LogP contribution < -0.4 is 0 Å². The molecule has 1 aromatic heterocycles. The van der Waals surface area contributed by atoms with E-state index < -0.39 is 0 Å². The highest BCUT2D eigenvalue weighted by atomic mass is 79.9. The molecule has 1 fully saturated rings. The fourth-order valence-electron chi connectivity index (χ4n) is 1.70. The molecule has 0 spiro atoms. The number of carbonyl (C=O) groups is 1. The summed E-state index contributed by atoms with van der Waals surface area (Å²) in [5.74, 6) is 0.140. The average molecular weight is 289 g/mol.